The van der Waals surface area contributed by atoms with Gasteiger partial charge in [0.1, 0.15) is 6.10 Å². The second-order valence-corrected chi connectivity index (χ2v) is 7.33. The van der Waals surface area contributed by atoms with E-state index in [0.717, 1.165) is 23.5 Å². The number of ether oxygens (including phenoxy) is 1. The van der Waals surface area contributed by atoms with Gasteiger partial charge in [-0.05, 0) is 62.2 Å². The van der Waals surface area contributed by atoms with Crippen molar-refractivity contribution in [2.24, 2.45) is 0 Å². The minimum Gasteiger partial charge on any atom is -0.394 e. The van der Waals surface area contributed by atoms with Crippen molar-refractivity contribution >= 4 is 17.1 Å². The Morgan fingerprint density at radius 3 is 1.66 bits per heavy atom. The highest BCUT2D eigenvalue weighted by Crippen LogP contribution is 2.34. The Morgan fingerprint density at radius 2 is 1.21 bits per heavy atom. The third-order valence-electron chi connectivity index (χ3n) is 4.83. The lowest BCUT2D eigenvalue weighted by atomic mass is 10.1. The monoisotopic (exact) mass is 391 g/mol. The van der Waals surface area contributed by atoms with Gasteiger partial charge in [0, 0.05) is 17.1 Å². The van der Waals surface area contributed by atoms with Gasteiger partial charge in [-0.1, -0.05) is 47.5 Å². The molecule has 0 aromatic heterocycles. The number of rotatable bonds is 9. The van der Waals surface area contributed by atoms with Gasteiger partial charge in [-0.15, -0.1) is 0 Å². The molecule has 29 heavy (non-hydrogen) atoms. The summed E-state index contributed by atoms with van der Waals surface area (Å²) in [5, 5.41) is 18.1. The van der Waals surface area contributed by atoms with Gasteiger partial charge >= 0.3 is 0 Å². The lowest BCUT2D eigenvalue weighted by molar-refractivity contribution is 0.00723. The first-order valence-electron chi connectivity index (χ1n) is 9.96. The molecule has 2 N–H and O–H groups in total. The minimum absolute atomic E-state index is 0.156. The molecule has 0 aliphatic heterocycles. The lowest BCUT2D eigenvalue weighted by Gasteiger charge is -2.26. The normalized spacial score (nSPS) is 12.0. The molecular formula is C25H29NO3. The van der Waals surface area contributed by atoms with Crippen molar-refractivity contribution < 1.29 is 14.9 Å². The van der Waals surface area contributed by atoms with Crippen LogP contribution in [0.15, 0.2) is 72.8 Å². The zero-order valence-corrected chi connectivity index (χ0v) is 17.1. The average molecular weight is 392 g/mol. The van der Waals surface area contributed by atoms with Gasteiger partial charge in [-0.25, -0.2) is 0 Å². The maximum Gasteiger partial charge on any atom is 0.100 e. The molecule has 1 atom stereocenters. The van der Waals surface area contributed by atoms with Gasteiger partial charge in [0.25, 0.3) is 0 Å². The highest BCUT2D eigenvalue weighted by atomic mass is 16.5. The number of aliphatic hydroxyl groups excluding tert-OH is 2. The summed E-state index contributed by atoms with van der Waals surface area (Å²) in [6, 6.07) is 25.5. The van der Waals surface area contributed by atoms with Crippen LogP contribution in [0.5, 0.6) is 0 Å². The highest BCUT2D eigenvalue weighted by molar-refractivity contribution is 5.76. The fourth-order valence-electron chi connectivity index (χ4n) is 3.11. The standard InChI is InChI=1S/C25H29NO3/c1-19-3-9-22(10-4-19)26(23-11-5-20(2)6-12-23)24-13-7-21(8-14-24)15-16-29-18-25(28)17-27/h3-14,25,27-28H,15-18H2,1-2H3. The van der Waals surface area contributed by atoms with E-state index in [1.807, 2.05) is 0 Å². The predicted molar refractivity (Wildman–Crippen MR) is 118 cm³/mol. The van der Waals surface area contributed by atoms with Gasteiger partial charge in [0.05, 0.1) is 19.8 Å². The van der Waals surface area contributed by atoms with E-state index in [1.165, 1.54) is 16.7 Å². The molecule has 0 radical (unpaired) electrons. The lowest BCUT2D eigenvalue weighted by Crippen LogP contribution is -2.20. The molecule has 0 bridgehead atoms. The summed E-state index contributed by atoms with van der Waals surface area (Å²) in [6.07, 6.45) is -0.0528. The summed E-state index contributed by atoms with van der Waals surface area (Å²) < 4.78 is 5.41. The van der Waals surface area contributed by atoms with Crippen molar-refractivity contribution in [3.05, 3.63) is 89.5 Å². The third kappa shape index (κ3) is 5.91. The molecule has 0 saturated heterocycles. The van der Waals surface area contributed by atoms with E-state index in [4.69, 9.17) is 9.84 Å². The largest absolute Gasteiger partial charge is 0.394 e. The van der Waals surface area contributed by atoms with E-state index in [-0.39, 0.29) is 13.2 Å². The Morgan fingerprint density at radius 1 is 0.759 bits per heavy atom. The van der Waals surface area contributed by atoms with Crippen LogP contribution in [0.1, 0.15) is 16.7 Å². The maximum absolute atomic E-state index is 9.32. The van der Waals surface area contributed by atoms with E-state index < -0.39 is 6.10 Å². The van der Waals surface area contributed by atoms with Crippen LogP contribution in [0, 0.1) is 13.8 Å². The van der Waals surface area contributed by atoms with Gasteiger partial charge in [-0.3, -0.25) is 0 Å². The maximum atomic E-state index is 9.32. The molecule has 0 saturated carbocycles. The number of aliphatic hydroxyl groups is 2. The Kier molecular flexibility index (Phi) is 7.42. The molecule has 4 nitrogen and oxygen atoms in total. The summed E-state index contributed by atoms with van der Waals surface area (Å²) in [5.41, 5.74) is 6.97. The van der Waals surface area contributed by atoms with Crippen LogP contribution in [-0.4, -0.2) is 36.1 Å². The van der Waals surface area contributed by atoms with Gasteiger partial charge in [0.2, 0.25) is 0 Å². The second kappa shape index (κ2) is 10.2. The molecule has 3 aromatic rings. The fourth-order valence-corrected chi connectivity index (χ4v) is 3.11. The van der Waals surface area contributed by atoms with E-state index in [2.05, 4.69) is 91.5 Å². The van der Waals surface area contributed by atoms with E-state index >= 15 is 0 Å². The minimum atomic E-state index is -0.810. The van der Waals surface area contributed by atoms with Crippen molar-refractivity contribution in [2.75, 3.05) is 24.7 Å². The van der Waals surface area contributed by atoms with Crippen molar-refractivity contribution in [1.29, 1.82) is 0 Å². The first kappa shape index (κ1) is 21.1. The van der Waals surface area contributed by atoms with Crippen molar-refractivity contribution in [2.45, 2.75) is 26.4 Å². The van der Waals surface area contributed by atoms with Crippen LogP contribution < -0.4 is 4.90 Å². The predicted octanol–water partition coefficient (Wildman–Crippen LogP) is 4.69. The molecule has 4 heteroatoms. The molecule has 0 aliphatic rings. The van der Waals surface area contributed by atoms with Crippen molar-refractivity contribution in [3.8, 4) is 0 Å². The molecule has 0 spiro atoms. The molecule has 3 rings (SSSR count). The van der Waals surface area contributed by atoms with Crippen LogP contribution in [0.3, 0.4) is 0 Å². The Hall–Kier alpha value is -2.66. The average Bonchev–Trinajstić information content (AvgIpc) is 2.75. The Labute approximate surface area is 173 Å². The summed E-state index contributed by atoms with van der Waals surface area (Å²) in [7, 11) is 0. The summed E-state index contributed by atoms with van der Waals surface area (Å²) >= 11 is 0. The number of hydrogen-bond donors (Lipinski definition) is 2. The number of nitrogens with zero attached hydrogens (tertiary/aromatic N) is 1. The summed E-state index contributed by atoms with van der Waals surface area (Å²) in [6.45, 7) is 4.58. The number of aryl methyl sites for hydroxylation is 2. The van der Waals surface area contributed by atoms with Crippen molar-refractivity contribution in [3.63, 3.8) is 0 Å². The molecule has 0 amide bonds. The van der Waals surface area contributed by atoms with E-state index in [0.29, 0.717) is 6.61 Å². The molecular weight excluding hydrogens is 362 g/mol. The number of benzene rings is 3. The molecule has 152 valence electrons. The van der Waals surface area contributed by atoms with Crippen LogP contribution in [0.2, 0.25) is 0 Å². The van der Waals surface area contributed by atoms with Crippen molar-refractivity contribution in [1.82, 2.24) is 0 Å². The first-order chi connectivity index (χ1) is 14.1. The quantitative estimate of drug-likeness (QED) is 0.520. The van der Waals surface area contributed by atoms with E-state index in [1.54, 1.807) is 0 Å². The van der Waals surface area contributed by atoms with Crippen LogP contribution in [0.4, 0.5) is 17.1 Å². The highest BCUT2D eigenvalue weighted by Gasteiger charge is 2.12. The molecule has 0 fully saturated rings. The van der Waals surface area contributed by atoms with Gasteiger partial charge in [-0.2, -0.15) is 0 Å². The number of anilines is 3. The smallest absolute Gasteiger partial charge is 0.100 e. The molecule has 1 unspecified atom stereocenters. The number of hydrogen-bond acceptors (Lipinski definition) is 4. The molecule has 3 aromatic carbocycles. The van der Waals surface area contributed by atoms with Gasteiger partial charge in [0.15, 0.2) is 0 Å². The summed E-state index contributed by atoms with van der Waals surface area (Å²) in [5.74, 6) is 0. The zero-order valence-electron chi connectivity index (χ0n) is 17.1. The van der Waals surface area contributed by atoms with Crippen LogP contribution in [0.25, 0.3) is 0 Å². The Balaban J connectivity index is 1.77. The topological polar surface area (TPSA) is 52.9 Å². The van der Waals surface area contributed by atoms with Gasteiger partial charge < -0.3 is 19.8 Å². The second-order valence-electron chi connectivity index (χ2n) is 7.33. The summed E-state index contributed by atoms with van der Waals surface area (Å²) in [4.78, 5) is 2.25. The van der Waals surface area contributed by atoms with Crippen LogP contribution in [-0.2, 0) is 11.2 Å². The first-order valence-corrected chi connectivity index (χ1v) is 9.96. The molecule has 0 heterocycles. The van der Waals surface area contributed by atoms with E-state index in [9.17, 15) is 5.11 Å². The SMILES string of the molecule is Cc1ccc(N(c2ccc(C)cc2)c2ccc(CCOCC(O)CO)cc2)cc1. The third-order valence-corrected chi connectivity index (χ3v) is 4.83. The molecule has 0 aliphatic carbocycles. The fraction of sp³-hybridized carbons (Fsp3) is 0.280. The Bertz CT molecular complexity index is 828. The van der Waals surface area contributed by atoms with Crippen LogP contribution >= 0.6 is 0 Å². The zero-order chi connectivity index (χ0) is 20.6.